The Morgan fingerprint density at radius 2 is 2.00 bits per heavy atom. The molecule has 0 amide bonds. The molecule has 1 heterocycles. The van der Waals surface area contributed by atoms with Crippen molar-refractivity contribution >= 4 is 34.2 Å². The van der Waals surface area contributed by atoms with Gasteiger partial charge >= 0.3 is 0 Å². The van der Waals surface area contributed by atoms with E-state index in [1.165, 1.54) is 0 Å². The summed E-state index contributed by atoms with van der Waals surface area (Å²) in [4.78, 5) is 4.25. The van der Waals surface area contributed by atoms with E-state index in [9.17, 15) is 0 Å². The minimum atomic E-state index is 0.283. The lowest BCUT2D eigenvalue weighted by molar-refractivity contribution is 0.618. The molecule has 2 rings (SSSR count). The number of rotatable bonds is 1. The van der Waals surface area contributed by atoms with Crippen LogP contribution in [-0.4, -0.2) is 9.55 Å². The molecule has 0 N–H and O–H groups in total. The minimum absolute atomic E-state index is 0.283. The first-order valence-electron chi connectivity index (χ1n) is 4.42. The molecule has 1 aromatic heterocycles. The molecule has 0 radical (unpaired) electrons. The van der Waals surface area contributed by atoms with E-state index in [4.69, 9.17) is 23.2 Å². The van der Waals surface area contributed by atoms with Crippen molar-refractivity contribution < 1.29 is 0 Å². The lowest BCUT2D eigenvalue weighted by Gasteiger charge is -2.09. The number of hydrogen-bond acceptors (Lipinski definition) is 1. The Morgan fingerprint density at radius 1 is 1.29 bits per heavy atom. The molecule has 4 heteroatoms. The van der Waals surface area contributed by atoms with Crippen LogP contribution in [0, 0.1) is 0 Å². The first-order chi connectivity index (χ1) is 6.59. The maximum absolute atomic E-state index is 6.02. The molecule has 14 heavy (non-hydrogen) atoms. The van der Waals surface area contributed by atoms with Crippen molar-refractivity contribution in [3.8, 4) is 0 Å². The molecule has 2 nitrogen and oxygen atoms in total. The van der Waals surface area contributed by atoms with Gasteiger partial charge in [0.05, 0.1) is 11.0 Å². The van der Waals surface area contributed by atoms with Crippen molar-refractivity contribution in [2.24, 2.45) is 0 Å². The average Bonchev–Trinajstić information content (AvgIpc) is 2.40. The lowest BCUT2D eigenvalue weighted by Crippen LogP contribution is -1.99. The zero-order valence-corrected chi connectivity index (χ0v) is 9.47. The van der Waals surface area contributed by atoms with E-state index in [0.29, 0.717) is 10.3 Å². The van der Waals surface area contributed by atoms with Gasteiger partial charge in [-0.25, -0.2) is 4.98 Å². The van der Waals surface area contributed by atoms with E-state index < -0.39 is 0 Å². The summed E-state index contributed by atoms with van der Waals surface area (Å²) in [7, 11) is 0. The van der Waals surface area contributed by atoms with Gasteiger partial charge in [-0.1, -0.05) is 11.6 Å². The van der Waals surface area contributed by atoms with Crippen LogP contribution in [0.5, 0.6) is 0 Å². The Morgan fingerprint density at radius 3 is 2.64 bits per heavy atom. The summed E-state index contributed by atoms with van der Waals surface area (Å²) < 4.78 is 1.96. The third-order valence-corrected chi connectivity index (χ3v) is 2.63. The number of benzene rings is 1. The third-order valence-electron chi connectivity index (χ3n) is 2.12. The summed E-state index contributed by atoms with van der Waals surface area (Å²) in [6.45, 7) is 4.13. The molecule has 0 fully saturated rings. The fourth-order valence-corrected chi connectivity index (χ4v) is 2.07. The second-order valence-electron chi connectivity index (χ2n) is 3.48. The summed E-state index contributed by atoms with van der Waals surface area (Å²) in [5, 5.41) is 1.22. The Bertz CT molecular complexity index is 474. The van der Waals surface area contributed by atoms with Crippen molar-refractivity contribution in [1.82, 2.24) is 9.55 Å². The number of nitrogens with zero attached hydrogens (tertiary/aromatic N) is 2. The van der Waals surface area contributed by atoms with Gasteiger partial charge in [0.25, 0.3) is 0 Å². The predicted molar refractivity (Wildman–Crippen MR) is 60.1 cm³/mol. The van der Waals surface area contributed by atoms with Gasteiger partial charge in [0.2, 0.25) is 5.28 Å². The van der Waals surface area contributed by atoms with Crippen LogP contribution in [0.3, 0.4) is 0 Å². The standard InChI is InChI=1S/C10H10Cl2N2/c1-6(2)14-9-5-7(11)3-4-8(9)13-10(14)12/h3-6H,1-2H3. The summed E-state index contributed by atoms with van der Waals surface area (Å²) in [5.74, 6) is 0. The molecule has 0 unspecified atom stereocenters. The summed E-state index contributed by atoms with van der Waals surface area (Å²) in [5.41, 5.74) is 1.87. The van der Waals surface area contributed by atoms with E-state index in [0.717, 1.165) is 11.0 Å². The van der Waals surface area contributed by atoms with Crippen LogP contribution in [-0.2, 0) is 0 Å². The first-order valence-corrected chi connectivity index (χ1v) is 5.18. The highest BCUT2D eigenvalue weighted by molar-refractivity contribution is 6.31. The van der Waals surface area contributed by atoms with Crippen LogP contribution in [0.15, 0.2) is 18.2 Å². The number of fused-ring (bicyclic) bond motifs is 1. The highest BCUT2D eigenvalue weighted by Crippen LogP contribution is 2.26. The number of hydrogen-bond donors (Lipinski definition) is 0. The minimum Gasteiger partial charge on any atom is -0.312 e. The van der Waals surface area contributed by atoms with Crippen molar-refractivity contribution in [2.45, 2.75) is 19.9 Å². The fourth-order valence-electron chi connectivity index (χ4n) is 1.53. The maximum Gasteiger partial charge on any atom is 0.204 e. The Kier molecular flexibility index (Phi) is 2.41. The van der Waals surface area contributed by atoms with Gasteiger partial charge in [-0.15, -0.1) is 0 Å². The predicted octanol–water partition coefficient (Wildman–Crippen LogP) is 3.92. The van der Waals surface area contributed by atoms with E-state index >= 15 is 0 Å². The third kappa shape index (κ3) is 1.49. The second kappa shape index (κ2) is 3.44. The summed E-state index contributed by atoms with van der Waals surface area (Å²) in [6, 6.07) is 5.86. The molecule has 74 valence electrons. The molecule has 1 aromatic carbocycles. The van der Waals surface area contributed by atoms with Crippen LogP contribution in [0.25, 0.3) is 11.0 Å². The Labute approximate surface area is 92.5 Å². The monoisotopic (exact) mass is 228 g/mol. The van der Waals surface area contributed by atoms with Gasteiger partial charge in [-0.2, -0.15) is 0 Å². The number of imidazole rings is 1. The van der Waals surface area contributed by atoms with Crippen molar-refractivity contribution in [3.63, 3.8) is 0 Å². The van der Waals surface area contributed by atoms with E-state index in [1.54, 1.807) is 0 Å². The van der Waals surface area contributed by atoms with E-state index in [2.05, 4.69) is 18.8 Å². The lowest BCUT2D eigenvalue weighted by atomic mass is 10.3. The highest BCUT2D eigenvalue weighted by atomic mass is 35.5. The number of halogens is 2. The molecule has 2 aromatic rings. The summed E-state index contributed by atoms with van der Waals surface area (Å²) >= 11 is 11.9. The zero-order chi connectivity index (χ0) is 10.3. The molecule has 0 atom stereocenters. The quantitative estimate of drug-likeness (QED) is 0.724. The van der Waals surface area contributed by atoms with Gasteiger partial charge in [0, 0.05) is 11.1 Å². The fraction of sp³-hybridized carbons (Fsp3) is 0.300. The molecule has 0 bridgehead atoms. The van der Waals surface area contributed by atoms with Crippen molar-refractivity contribution in [3.05, 3.63) is 28.5 Å². The molecular formula is C10H10Cl2N2. The molecule has 0 saturated heterocycles. The average molecular weight is 229 g/mol. The molecule has 0 aliphatic carbocycles. The molecular weight excluding hydrogens is 219 g/mol. The first kappa shape index (κ1) is 9.81. The van der Waals surface area contributed by atoms with Gasteiger partial charge in [0.15, 0.2) is 0 Å². The second-order valence-corrected chi connectivity index (χ2v) is 4.25. The van der Waals surface area contributed by atoms with Crippen LogP contribution < -0.4 is 0 Å². The normalized spacial score (nSPS) is 11.5. The number of aromatic nitrogens is 2. The highest BCUT2D eigenvalue weighted by Gasteiger charge is 2.11. The van der Waals surface area contributed by atoms with Crippen molar-refractivity contribution in [2.75, 3.05) is 0 Å². The van der Waals surface area contributed by atoms with E-state index in [1.807, 2.05) is 22.8 Å². The Balaban J connectivity index is 2.79. The largest absolute Gasteiger partial charge is 0.312 e. The van der Waals surface area contributed by atoms with Crippen molar-refractivity contribution in [1.29, 1.82) is 0 Å². The molecule has 0 saturated carbocycles. The SMILES string of the molecule is CC(C)n1c(Cl)nc2ccc(Cl)cc21. The van der Waals surface area contributed by atoms with Crippen LogP contribution in [0.4, 0.5) is 0 Å². The van der Waals surface area contributed by atoms with Gasteiger partial charge in [-0.3, -0.25) is 0 Å². The molecule has 0 spiro atoms. The van der Waals surface area contributed by atoms with Gasteiger partial charge in [0.1, 0.15) is 0 Å². The smallest absolute Gasteiger partial charge is 0.204 e. The molecule has 0 aliphatic heterocycles. The van der Waals surface area contributed by atoms with E-state index in [-0.39, 0.29) is 6.04 Å². The summed E-state index contributed by atoms with van der Waals surface area (Å²) in [6.07, 6.45) is 0. The topological polar surface area (TPSA) is 17.8 Å². The molecule has 0 aliphatic rings. The Hall–Kier alpha value is -0.730. The maximum atomic E-state index is 6.02. The van der Waals surface area contributed by atoms with Crippen LogP contribution in [0.1, 0.15) is 19.9 Å². The van der Waals surface area contributed by atoms with Crippen LogP contribution >= 0.6 is 23.2 Å². The zero-order valence-electron chi connectivity index (χ0n) is 7.96. The van der Waals surface area contributed by atoms with Gasteiger partial charge < -0.3 is 4.57 Å². The van der Waals surface area contributed by atoms with Gasteiger partial charge in [-0.05, 0) is 43.6 Å². The van der Waals surface area contributed by atoms with Crippen LogP contribution in [0.2, 0.25) is 10.3 Å².